The summed E-state index contributed by atoms with van der Waals surface area (Å²) in [7, 11) is 0. The molecule has 106 valence electrons. The van der Waals surface area contributed by atoms with Crippen LogP contribution in [0.3, 0.4) is 0 Å². The molecule has 0 bridgehead atoms. The molecule has 0 aliphatic heterocycles. The fourth-order valence-electron chi connectivity index (χ4n) is 1.83. The lowest BCUT2D eigenvalue weighted by molar-refractivity contribution is 0.235. The molecule has 0 fully saturated rings. The van der Waals surface area contributed by atoms with Crippen LogP contribution in [0.15, 0.2) is 40.8 Å². The summed E-state index contributed by atoms with van der Waals surface area (Å²) in [5.41, 5.74) is 0.710. The van der Waals surface area contributed by atoms with Gasteiger partial charge in [-0.05, 0) is 43.7 Å². The third-order valence-corrected chi connectivity index (χ3v) is 2.88. The molecule has 20 heavy (non-hydrogen) atoms. The maximum Gasteiger partial charge on any atom is 0.315 e. The normalized spacial score (nSPS) is 11.9. The lowest BCUT2D eigenvalue weighted by atomic mass is 10.2. The number of carbonyl (C=O) groups excluding carboxylic acids is 1. The minimum Gasteiger partial charge on any atom is -0.464 e. The van der Waals surface area contributed by atoms with Crippen molar-refractivity contribution in [1.29, 1.82) is 0 Å². The second-order valence-electron chi connectivity index (χ2n) is 4.63. The van der Waals surface area contributed by atoms with E-state index in [2.05, 4.69) is 10.6 Å². The van der Waals surface area contributed by atoms with Gasteiger partial charge in [0.15, 0.2) is 0 Å². The molecule has 2 rings (SSSR count). The van der Waals surface area contributed by atoms with Crippen LogP contribution in [0, 0.1) is 12.7 Å². The van der Waals surface area contributed by atoms with Crippen LogP contribution in [0.5, 0.6) is 0 Å². The van der Waals surface area contributed by atoms with Crippen LogP contribution < -0.4 is 10.6 Å². The van der Waals surface area contributed by atoms with Crippen LogP contribution in [0.2, 0.25) is 0 Å². The number of hydrogen-bond acceptors (Lipinski definition) is 2. The third kappa shape index (κ3) is 3.85. The Labute approximate surface area is 117 Å². The predicted molar refractivity (Wildman–Crippen MR) is 73.6 cm³/mol. The van der Waals surface area contributed by atoms with Gasteiger partial charge in [0.1, 0.15) is 17.3 Å². The molecule has 1 unspecified atom stereocenters. The van der Waals surface area contributed by atoms with E-state index in [-0.39, 0.29) is 24.4 Å². The second-order valence-corrected chi connectivity index (χ2v) is 4.63. The Hall–Kier alpha value is -2.30. The van der Waals surface area contributed by atoms with Crippen molar-refractivity contribution in [3.63, 3.8) is 0 Å². The molecule has 0 spiro atoms. The third-order valence-electron chi connectivity index (χ3n) is 2.88. The summed E-state index contributed by atoms with van der Waals surface area (Å²) in [6, 6.07) is 9.24. The van der Waals surface area contributed by atoms with Gasteiger partial charge in [-0.15, -0.1) is 0 Å². The number of rotatable bonds is 4. The first-order valence-corrected chi connectivity index (χ1v) is 6.40. The molecular weight excluding hydrogens is 259 g/mol. The zero-order valence-corrected chi connectivity index (χ0v) is 11.4. The molecule has 1 aromatic carbocycles. The van der Waals surface area contributed by atoms with Gasteiger partial charge in [0, 0.05) is 6.54 Å². The maximum absolute atomic E-state index is 13.0. The molecule has 2 N–H and O–H groups in total. The van der Waals surface area contributed by atoms with Crippen LogP contribution >= 0.6 is 0 Å². The fourth-order valence-corrected chi connectivity index (χ4v) is 1.83. The molecule has 4 nitrogen and oxygen atoms in total. The van der Waals surface area contributed by atoms with E-state index in [1.54, 1.807) is 12.1 Å². The second kappa shape index (κ2) is 6.23. The average Bonchev–Trinajstić information content (AvgIpc) is 2.83. The summed E-state index contributed by atoms with van der Waals surface area (Å²) in [6.45, 7) is 3.95. The van der Waals surface area contributed by atoms with Crippen LogP contribution in [-0.2, 0) is 6.54 Å². The molecule has 1 heterocycles. The van der Waals surface area contributed by atoms with E-state index >= 15 is 0 Å². The highest BCUT2D eigenvalue weighted by molar-refractivity contribution is 5.74. The topological polar surface area (TPSA) is 54.3 Å². The fraction of sp³-hybridized carbons (Fsp3) is 0.267. The standard InChI is InChI=1S/C15H17FN2O2/c1-10-6-7-14(20-10)11(2)18-15(19)17-9-12-4-3-5-13(16)8-12/h3-8,11H,9H2,1-2H3,(H2,17,18,19). The van der Waals surface area contributed by atoms with Crippen LogP contribution in [0.25, 0.3) is 0 Å². The SMILES string of the molecule is Cc1ccc(C(C)NC(=O)NCc2cccc(F)c2)o1. The van der Waals surface area contributed by atoms with Crippen LogP contribution in [0.1, 0.15) is 30.0 Å². The predicted octanol–water partition coefficient (Wildman–Crippen LogP) is 3.29. The van der Waals surface area contributed by atoms with Gasteiger partial charge in [-0.1, -0.05) is 12.1 Å². The van der Waals surface area contributed by atoms with Crippen molar-refractivity contribution in [3.05, 3.63) is 59.3 Å². The zero-order chi connectivity index (χ0) is 14.5. The van der Waals surface area contributed by atoms with Crippen molar-refractivity contribution in [1.82, 2.24) is 10.6 Å². The molecule has 2 amide bonds. The number of aryl methyl sites for hydroxylation is 1. The Kier molecular flexibility index (Phi) is 4.40. The Balaban J connectivity index is 1.83. The molecule has 1 atom stereocenters. The smallest absolute Gasteiger partial charge is 0.315 e. The Morgan fingerprint density at radius 1 is 1.35 bits per heavy atom. The molecule has 0 radical (unpaired) electrons. The number of carbonyl (C=O) groups is 1. The monoisotopic (exact) mass is 276 g/mol. The highest BCUT2D eigenvalue weighted by Crippen LogP contribution is 2.15. The number of urea groups is 1. The number of amides is 2. The lowest BCUT2D eigenvalue weighted by Crippen LogP contribution is -2.36. The molecule has 0 saturated heterocycles. The first-order chi connectivity index (χ1) is 9.54. The summed E-state index contributed by atoms with van der Waals surface area (Å²) in [6.07, 6.45) is 0. The van der Waals surface area contributed by atoms with E-state index in [0.29, 0.717) is 11.3 Å². The number of nitrogens with one attached hydrogen (secondary N) is 2. The zero-order valence-electron chi connectivity index (χ0n) is 11.4. The molecule has 0 aliphatic carbocycles. The molecule has 1 aromatic heterocycles. The Morgan fingerprint density at radius 3 is 2.80 bits per heavy atom. The highest BCUT2D eigenvalue weighted by atomic mass is 19.1. The van der Waals surface area contributed by atoms with Crippen molar-refractivity contribution < 1.29 is 13.6 Å². The Bertz CT molecular complexity index is 595. The molecular formula is C15H17FN2O2. The van der Waals surface area contributed by atoms with Crippen molar-refractivity contribution in [2.75, 3.05) is 0 Å². The van der Waals surface area contributed by atoms with Gasteiger partial charge in [0.25, 0.3) is 0 Å². The Morgan fingerprint density at radius 2 is 2.15 bits per heavy atom. The number of furan rings is 1. The van der Waals surface area contributed by atoms with Gasteiger partial charge in [-0.25, -0.2) is 9.18 Å². The van der Waals surface area contributed by atoms with Crippen molar-refractivity contribution in [2.45, 2.75) is 26.4 Å². The summed E-state index contributed by atoms with van der Waals surface area (Å²) in [4.78, 5) is 11.7. The van der Waals surface area contributed by atoms with E-state index in [1.165, 1.54) is 12.1 Å². The summed E-state index contributed by atoms with van der Waals surface area (Å²) < 4.78 is 18.4. The number of halogens is 1. The van der Waals surface area contributed by atoms with Crippen molar-refractivity contribution in [3.8, 4) is 0 Å². The van der Waals surface area contributed by atoms with E-state index in [4.69, 9.17) is 4.42 Å². The highest BCUT2D eigenvalue weighted by Gasteiger charge is 2.12. The van der Waals surface area contributed by atoms with Gasteiger partial charge in [0.05, 0.1) is 6.04 Å². The van der Waals surface area contributed by atoms with Gasteiger partial charge in [-0.3, -0.25) is 0 Å². The molecule has 2 aromatic rings. The lowest BCUT2D eigenvalue weighted by Gasteiger charge is -2.12. The average molecular weight is 276 g/mol. The molecule has 5 heteroatoms. The first-order valence-electron chi connectivity index (χ1n) is 6.40. The quantitative estimate of drug-likeness (QED) is 0.900. The summed E-state index contributed by atoms with van der Waals surface area (Å²) in [5.74, 6) is 1.18. The maximum atomic E-state index is 13.0. The molecule has 0 saturated carbocycles. The summed E-state index contributed by atoms with van der Waals surface area (Å²) in [5, 5.41) is 5.43. The van der Waals surface area contributed by atoms with Gasteiger partial charge >= 0.3 is 6.03 Å². The minimum absolute atomic E-state index is 0.226. The van der Waals surface area contributed by atoms with Crippen molar-refractivity contribution in [2.24, 2.45) is 0 Å². The largest absolute Gasteiger partial charge is 0.464 e. The minimum atomic E-state index is -0.323. The van der Waals surface area contributed by atoms with Gasteiger partial charge in [0.2, 0.25) is 0 Å². The van der Waals surface area contributed by atoms with Crippen molar-refractivity contribution >= 4 is 6.03 Å². The van der Waals surface area contributed by atoms with E-state index < -0.39 is 0 Å². The molecule has 0 aliphatic rings. The first kappa shape index (κ1) is 14.1. The van der Waals surface area contributed by atoms with E-state index in [1.807, 2.05) is 26.0 Å². The van der Waals surface area contributed by atoms with E-state index in [0.717, 1.165) is 5.76 Å². The van der Waals surface area contributed by atoms with Crippen LogP contribution in [-0.4, -0.2) is 6.03 Å². The number of hydrogen-bond donors (Lipinski definition) is 2. The van der Waals surface area contributed by atoms with Gasteiger partial charge < -0.3 is 15.1 Å². The van der Waals surface area contributed by atoms with Gasteiger partial charge in [-0.2, -0.15) is 0 Å². The van der Waals surface area contributed by atoms with Crippen LogP contribution in [0.4, 0.5) is 9.18 Å². The summed E-state index contributed by atoms with van der Waals surface area (Å²) >= 11 is 0. The van der Waals surface area contributed by atoms with E-state index in [9.17, 15) is 9.18 Å². The number of benzene rings is 1.